The molecule has 0 spiro atoms. The van der Waals surface area contributed by atoms with Gasteiger partial charge in [0.25, 0.3) is 5.56 Å². The van der Waals surface area contributed by atoms with Crippen molar-refractivity contribution in [2.24, 2.45) is 7.05 Å². The number of nitrogens with zero attached hydrogens (tertiary/aromatic N) is 3. The highest BCUT2D eigenvalue weighted by atomic mass is 35.5. The number of carbonyl (C=O) groups excluding carboxylic acids is 1. The number of carbonyl (C=O) groups is 1. The Kier molecular flexibility index (Phi) is 5.36. The van der Waals surface area contributed by atoms with Gasteiger partial charge < -0.3 is 14.8 Å². The predicted molar refractivity (Wildman–Crippen MR) is 104 cm³/mol. The number of aryl methyl sites for hydroxylation is 1. The first-order valence-electron chi connectivity index (χ1n) is 8.13. The molecular formula is C18H17ClN4O5. The topological polar surface area (TPSA) is 104 Å². The molecule has 146 valence electrons. The van der Waals surface area contributed by atoms with Gasteiger partial charge in [-0.2, -0.15) is 0 Å². The second-order valence-corrected chi connectivity index (χ2v) is 6.27. The van der Waals surface area contributed by atoms with Crippen LogP contribution in [0.25, 0.3) is 11.0 Å². The van der Waals surface area contributed by atoms with Crippen LogP contribution in [-0.2, 0) is 18.4 Å². The maximum absolute atomic E-state index is 12.9. The van der Waals surface area contributed by atoms with Crippen LogP contribution < -0.4 is 26.0 Å². The van der Waals surface area contributed by atoms with Crippen molar-refractivity contribution >= 4 is 34.2 Å². The third kappa shape index (κ3) is 3.44. The summed E-state index contributed by atoms with van der Waals surface area (Å²) in [5, 5.41) is 3.10. The summed E-state index contributed by atoms with van der Waals surface area (Å²) in [4.78, 5) is 42.0. The summed E-state index contributed by atoms with van der Waals surface area (Å²) in [6.07, 6.45) is 1.43. The highest BCUT2D eigenvalue weighted by Gasteiger charge is 2.18. The number of ether oxygens (including phenoxy) is 2. The summed E-state index contributed by atoms with van der Waals surface area (Å²) in [5.74, 6) is 0.0561. The number of fused-ring (bicyclic) bond motifs is 1. The van der Waals surface area contributed by atoms with Crippen molar-refractivity contribution in [1.29, 1.82) is 0 Å². The minimum Gasteiger partial charge on any atom is -0.496 e. The van der Waals surface area contributed by atoms with Gasteiger partial charge in [0.05, 0.1) is 19.9 Å². The molecular weight excluding hydrogens is 388 g/mol. The minimum atomic E-state index is -0.675. The number of methoxy groups -OCH3 is 2. The molecule has 1 amide bonds. The van der Waals surface area contributed by atoms with Crippen LogP contribution in [0.4, 0.5) is 5.69 Å². The maximum atomic E-state index is 12.9. The summed E-state index contributed by atoms with van der Waals surface area (Å²) >= 11 is 5.95. The van der Waals surface area contributed by atoms with Crippen molar-refractivity contribution in [3.8, 4) is 11.5 Å². The summed E-state index contributed by atoms with van der Waals surface area (Å²) < 4.78 is 12.4. The monoisotopic (exact) mass is 404 g/mol. The smallest absolute Gasteiger partial charge is 0.332 e. The Labute approximate surface area is 164 Å². The Morgan fingerprint density at radius 1 is 1.18 bits per heavy atom. The van der Waals surface area contributed by atoms with Gasteiger partial charge in [-0.15, -0.1) is 0 Å². The first-order valence-corrected chi connectivity index (χ1v) is 8.51. The van der Waals surface area contributed by atoms with E-state index >= 15 is 0 Å². The van der Waals surface area contributed by atoms with E-state index in [1.54, 1.807) is 12.1 Å². The molecule has 1 aromatic carbocycles. The number of benzene rings is 1. The summed E-state index contributed by atoms with van der Waals surface area (Å²) in [5.41, 5.74) is -0.852. The second kappa shape index (κ2) is 7.73. The lowest BCUT2D eigenvalue weighted by molar-refractivity contribution is -0.116. The number of aromatic nitrogens is 3. The number of amides is 1. The summed E-state index contributed by atoms with van der Waals surface area (Å²) in [6.45, 7) is -0.505. The average molecular weight is 405 g/mol. The molecule has 0 unspecified atom stereocenters. The Morgan fingerprint density at radius 3 is 2.57 bits per heavy atom. The van der Waals surface area contributed by atoms with Gasteiger partial charge in [0.1, 0.15) is 23.4 Å². The molecule has 0 atom stereocenters. The highest BCUT2D eigenvalue weighted by molar-refractivity contribution is 6.31. The van der Waals surface area contributed by atoms with Gasteiger partial charge in [-0.05, 0) is 24.3 Å². The zero-order valence-corrected chi connectivity index (χ0v) is 16.1. The number of hydrogen-bond donors (Lipinski definition) is 1. The Balaban J connectivity index is 2.03. The zero-order chi connectivity index (χ0) is 20.4. The van der Waals surface area contributed by atoms with E-state index < -0.39 is 23.7 Å². The van der Waals surface area contributed by atoms with Crippen molar-refractivity contribution in [2.75, 3.05) is 19.5 Å². The zero-order valence-electron chi connectivity index (χ0n) is 15.4. The molecule has 10 heteroatoms. The van der Waals surface area contributed by atoms with Crippen molar-refractivity contribution in [2.45, 2.75) is 6.54 Å². The van der Waals surface area contributed by atoms with Gasteiger partial charge in [-0.3, -0.25) is 14.2 Å². The van der Waals surface area contributed by atoms with E-state index in [2.05, 4.69) is 10.3 Å². The Hall–Kier alpha value is -3.33. The van der Waals surface area contributed by atoms with Crippen LogP contribution >= 0.6 is 11.6 Å². The lowest BCUT2D eigenvalue weighted by atomic mass is 10.3. The molecule has 1 N–H and O–H groups in total. The van der Waals surface area contributed by atoms with Crippen LogP contribution in [0.1, 0.15) is 0 Å². The molecule has 28 heavy (non-hydrogen) atoms. The third-order valence-corrected chi connectivity index (χ3v) is 4.38. The summed E-state index contributed by atoms with van der Waals surface area (Å²) in [6, 6.07) is 6.22. The molecule has 0 aliphatic carbocycles. The van der Waals surface area contributed by atoms with Crippen molar-refractivity contribution in [3.05, 3.63) is 56.3 Å². The van der Waals surface area contributed by atoms with Gasteiger partial charge in [0, 0.05) is 18.3 Å². The van der Waals surface area contributed by atoms with Crippen LogP contribution in [-0.4, -0.2) is 34.2 Å². The fraction of sp³-hybridized carbons (Fsp3) is 0.222. The van der Waals surface area contributed by atoms with E-state index in [-0.39, 0.29) is 16.8 Å². The standard InChI is InChI=1S/C18H17ClN4O5/c1-22-16-15(13(28-3)6-7-20-16)17(25)23(18(22)26)9-14(24)21-11-8-10(19)4-5-12(11)27-2/h4-8H,9H2,1-3H3,(H,21,24). The molecule has 3 rings (SSSR count). The quantitative estimate of drug-likeness (QED) is 0.689. The van der Waals surface area contributed by atoms with E-state index in [1.165, 1.54) is 44.2 Å². The van der Waals surface area contributed by atoms with Gasteiger partial charge in [0.2, 0.25) is 5.91 Å². The highest BCUT2D eigenvalue weighted by Crippen LogP contribution is 2.27. The van der Waals surface area contributed by atoms with Gasteiger partial charge >= 0.3 is 5.69 Å². The molecule has 0 saturated heterocycles. The molecule has 0 bridgehead atoms. The van der Waals surface area contributed by atoms with Gasteiger partial charge in [-0.1, -0.05) is 11.6 Å². The maximum Gasteiger partial charge on any atom is 0.332 e. The van der Waals surface area contributed by atoms with Crippen LogP contribution in [0.5, 0.6) is 11.5 Å². The third-order valence-electron chi connectivity index (χ3n) is 4.14. The molecule has 9 nitrogen and oxygen atoms in total. The van der Waals surface area contributed by atoms with E-state index in [0.29, 0.717) is 16.5 Å². The SMILES string of the molecule is COc1ccc(Cl)cc1NC(=O)Cn1c(=O)c2c(OC)ccnc2n(C)c1=O. The van der Waals surface area contributed by atoms with Crippen LogP contribution in [0.15, 0.2) is 40.1 Å². The lowest BCUT2D eigenvalue weighted by Gasteiger charge is -2.13. The largest absolute Gasteiger partial charge is 0.496 e. The first kappa shape index (κ1) is 19.4. The minimum absolute atomic E-state index is 0.111. The number of anilines is 1. The van der Waals surface area contributed by atoms with E-state index in [4.69, 9.17) is 21.1 Å². The van der Waals surface area contributed by atoms with Crippen LogP contribution in [0.3, 0.4) is 0 Å². The number of rotatable bonds is 5. The Bertz CT molecular complexity index is 1190. The van der Waals surface area contributed by atoms with E-state index in [9.17, 15) is 14.4 Å². The van der Waals surface area contributed by atoms with Crippen LogP contribution in [0.2, 0.25) is 5.02 Å². The lowest BCUT2D eigenvalue weighted by Crippen LogP contribution is -2.42. The van der Waals surface area contributed by atoms with E-state index in [1.807, 2.05) is 0 Å². The normalized spacial score (nSPS) is 10.7. The van der Waals surface area contributed by atoms with Crippen molar-refractivity contribution in [3.63, 3.8) is 0 Å². The number of nitrogens with one attached hydrogen (secondary N) is 1. The van der Waals surface area contributed by atoms with Gasteiger partial charge in [-0.25, -0.2) is 14.3 Å². The number of hydrogen-bond acceptors (Lipinski definition) is 6. The van der Waals surface area contributed by atoms with Gasteiger partial charge in [0.15, 0.2) is 5.65 Å². The molecule has 3 aromatic rings. The van der Waals surface area contributed by atoms with Crippen LogP contribution in [0, 0.1) is 0 Å². The Morgan fingerprint density at radius 2 is 1.89 bits per heavy atom. The van der Waals surface area contributed by atoms with E-state index in [0.717, 1.165) is 4.57 Å². The first-order chi connectivity index (χ1) is 13.4. The summed E-state index contributed by atoms with van der Waals surface area (Å²) in [7, 11) is 4.31. The molecule has 0 aliphatic rings. The molecule has 0 fully saturated rings. The van der Waals surface area contributed by atoms with Crippen molar-refractivity contribution in [1.82, 2.24) is 14.1 Å². The fourth-order valence-electron chi connectivity index (χ4n) is 2.80. The molecule has 0 radical (unpaired) electrons. The van der Waals surface area contributed by atoms with Crippen molar-refractivity contribution < 1.29 is 14.3 Å². The number of halogens is 1. The second-order valence-electron chi connectivity index (χ2n) is 5.84. The number of pyridine rings is 1. The average Bonchev–Trinajstić information content (AvgIpc) is 2.69. The molecule has 2 heterocycles. The fourth-order valence-corrected chi connectivity index (χ4v) is 2.98. The molecule has 0 aliphatic heterocycles. The predicted octanol–water partition coefficient (Wildman–Crippen LogP) is 1.40. The molecule has 2 aromatic heterocycles. The molecule has 0 saturated carbocycles.